The highest BCUT2D eigenvalue weighted by atomic mass is 79.9. The Morgan fingerprint density at radius 2 is 2.53 bits per heavy atom. The van der Waals surface area contributed by atoms with E-state index in [1.165, 1.54) is 23.5 Å². The first-order valence-corrected chi connectivity index (χ1v) is 7.14. The Hall–Kier alpha value is -0.220. The number of pyridine rings is 1. The highest BCUT2D eigenvalue weighted by molar-refractivity contribution is 9.10. The maximum Gasteiger partial charge on any atom is 0.109 e. The normalized spacial score (nSPS) is 20.5. The highest BCUT2D eigenvalue weighted by Crippen LogP contribution is 2.24. The van der Waals surface area contributed by atoms with Crippen molar-refractivity contribution in [3.63, 3.8) is 0 Å². The van der Waals surface area contributed by atoms with E-state index in [0.717, 1.165) is 22.8 Å². The van der Waals surface area contributed by atoms with Crippen LogP contribution in [-0.2, 0) is 0 Å². The van der Waals surface area contributed by atoms with Crippen molar-refractivity contribution in [2.75, 3.05) is 23.4 Å². The van der Waals surface area contributed by atoms with Crippen LogP contribution in [0, 0.1) is 12.8 Å². The summed E-state index contributed by atoms with van der Waals surface area (Å²) in [6.45, 7) is 3.14. The fourth-order valence-corrected chi connectivity index (χ4v) is 3.16. The summed E-state index contributed by atoms with van der Waals surface area (Å²) in [7, 11) is 0. The Labute approximate surface area is 103 Å². The van der Waals surface area contributed by atoms with Crippen LogP contribution < -0.4 is 5.32 Å². The van der Waals surface area contributed by atoms with Gasteiger partial charge in [0.2, 0.25) is 0 Å². The van der Waals surface area contributed by atoms with Crippen LogP contribution in [0.1, 0.15) is 12.0 Å². The summed E-state index contributed by atoms with van der Waals surface area (Å²) in [6.07, 6.45) is 3.24. The van der Waals surface area contributed by atoms with Gasteiger partial charge in [0.1, 0.15) is 4.60 Å². The minimum absolute atomic E-state index is 0.832. The molecule has 82 valence electrons. The van der Waals surface area contributed by atoms with Gasteiger partial charge in [-0.15, -0.1) is 0 Å². The van der Waals surface area contributed by atoms with Crippen LogP contribution in [0.4, 0.5) is 5.69 Å². The van der Waals surface area contributed by atoms with Gasteiger partial charge in [-0.3, -0.25) is 0 Å². The summed E-state index contributed by atoms with van der Waals surface area (Å²) in [5, 5.41) is 3.46. The maximum atomic E-state index is 4.27. The lowest BCUT2D eigenvalue weighted by Crippen LogP contribution is -2.13. The van der Waals surface area contributed by atoms with Gasteiger partial charge in [-0.05, 0) is 58.3 Å². The van der Waals surface area contributed by atoms with Crippen LogP contribution in [0.3, 0.4) is 0 Å². The molecule has 1 unspecified atom stereocenters. The SMILES string of the molecule is Cc1cc(NCC2CCSC2)cnc1Br. The Morgan fingerprint density at radius 1 is 1.67 bits per heavy atom. The standard InChI is InChI=1S/C11H15BrN2S/c1-8-4-10(6-14-11(8)12)13-5-9-2-3-15-7-9/h4,6,9,13H,2-3,5,7H2,1H3. The van der Waals surface area contributed by atoms with E-state index >= 15 is 0 Å². The third-order valence-electron chi connectivity index (χ3n) is 2.63. The molecule has 0 amide bonds. The van der Waals surface area contributed by atoms with E-state index in [-0.39, 0.29) is 0 Å². The van der Waals surface area contributed by atoms with Crippen LogP contribution in [0.25, 0.3) is 0 Å². The van der Waals surface area contributed by atoms with E-state index in [9.17, 15) is 0 Å². The van der Waals surface area contributed by atoms with E-state index in [1.54, 1.807) is 0 Å². The molecule has 1 aromatic heterocycles. The van der Waals surface area contributed by atoms with Crippen LogP contribution in [-0.4, -0.2) is 23.0 Å². The molecule has 0 aliphatic carbocycles. The Bertz CT molecular complexity index is 337. The van der Waals surface area contributed by atoms with Gasteiger partial charge in [-0.2, -0.15) is 11.8 Å². The molecule has 1 N–H and O–H groups in total. The summed E-state index contributed by atoms with van der Waals surface area (Å²) in [5.74, 6) is 3.46. The largest absolute Gasteiger partial charge is 0.383 e. The fraction of sp³-hybridized carbons (Fsp3) is 0.545. The molecule has 1 aromatic rings. The lowest BCUT2D eigenvalue weighted by molar-refractivity contribution is 0.631. The van der Waals surface area contributed by atoms with Crippen molar-refractivity contribution >= 4 is 33.4 Å². The van der Waals surface area contributed by atoms with Gasteiger partial charge >= 0.3 is 0 Å². The van der Waals surface area contributed by atoms with Crippen molar-refractivity contribution in [1.29, 1.82) is 0 Å². The first-order valence-electron chi connectivity index (χ1n) is 5.19. The summed E-state index contributed by atoms with van der Waals surface area (Å²) in [4.78, 5) is 4.27. The van der Waals surface area contributed by atoms with Crippen LogP contribution in [0.5, 0.6) is 0 Å². The molecule has 0 radical (unpaired) electrons. The van der Waals surface area contributed by atoms with Crippen molar-refractivity contribution in [2.45, 2.75) is 13.3 Å². The number of aromatic nitrogens is 1. The number of hydrogen-bond acceptors (Lipinski definition) is 3. The first-order chi connectivity index (χ1) is 7.25. The molecule has 1 aliphatic heterocycles. The molecule has 0 spiro atoms. The number of thioether (sulfide) groups is 1. The van der Waals surface area contributed by atoms with Gasteiger partial charge in [0.05, 0.1) is 11.9 Å². The number of nitrogens with one attached hydrogen (secondary N) is 1. The second kappa shape index (κ2) is 5.21. The number of hydrogen-bond donors (Lipinski definition) is 1. The minimum atomic E-state index is 0.832. The van der Waals surface area contributed by atoms with Crippen molar-refractivity contribution in [3.05, 3.63) is 22.4 Å². The maximum absolute atomic E-state index is 4.27. The van der Waals surface area contributed by atoms with Crippen molar-refractivity contribution < 1.29 is 0 Å². The second-order valence-electron chi connectivity index (χ2n) is 3.94. The molecule has 2 heterocycles. The predicted octanol–water partition coefficient (Wildman–Crippen LogP) is 3.32. The van der Waals surface area contributed by atoms with E-state index in [4.69, 9.17) is 0 Å². The lowest BCUT2D eigenvalue weighted by Gasteiger charge is -2.11. The Balaban J connectivity index is 1.90. The van der Waals surface area contributed by atoms with Gasteiger partial charge < -0.3 is 5.32 Å². The van der Waals surface area contributed by atoms with Crippen molar-refractivity contribution in [1.82, 2.24) is 4.98 Å². The van der Waals surface area contributed by atoms with E-state index in [1.807, 2.05) is 6.20 Å². The molecule has 1 saturated heterocycles. The number of aryl methyl sites for hydroxylation is 1. The molecule has 0 bridgehead atoms. The molecule has 15 heavy (non-hydrogen) atoms. The van der Waals surface area contributed by atoms with Gasteiger partial charge in [-0.25, -0.2) is 4.98 Å². The van der Waals surface area contributed by atoms with Gasteiger partial charge in [0, 0.05) is 6.54 Å². The quantitative estimate of drug-likeness (QED) is 0.863. The molecular formula is C11H15BrN2S. The van der Waals surface area contributed by atoms with Crippen LogP contribution >= 0.6 is 27.7 Å². The van der Waals surface area contributed by atoms with Crippen LogP contribution in [0.15, 0.2) is 16.9 Å². The predicted molar refractivity (Wildman–Crippen MR) is 70.6 cm³/mol. The zero-order valence-corrected chi connectivity index (χ0v) is 11.2. The zero-order valence-electron chi connectivity index (χ0n) is 8.79. The van der Waals surface area contributed by atoms with Crippen LogP contribution in [0.2, 0.25) is 0 Å². The van der Waals surface area contributed by atoms with E-state index < -0.39 is 0 Å². The minimum Gasteiger partial charge on any atom is -0.383 e. The molecule has 1 atom stereocenters. The summed E-state index contributed by atoms with van der Waals surface area (Å²) < 4.78 is 0.935. The monoisotopic (exact) mass is 286 g/mol. The fourth-order valence-electron chi connectivity index (χ4n) is 1.66. The molecule has 4 heteroatoms. The Morgan fingerprint density at radius 3 is 3.20 bits per heavy atom. The molecule has 0 aromatic carbocycles. The van der Waals surface area contributed by atoms with Crippen molar-refractivity contribution in [2.24, 2.45) is 5.92 Å². The second-order valence-corrected chi connectivity index (χ2v) is 5.84. The van der Waals surface area contributed by atoms with Crippen molar-refractivity contribution in [3.8, 4) is 0 Å². The topological polar surface area (TPSA) is 24.9 Å². The number of rotatable bonds is 3. The van der Waals surface area contributed by atoms with Gasteiger partial charge in [-0.1, -0.05) is 0 Å². The molecular weight excluding hydrogens is 272 g/mol. The molecule has 0 saturated carbocycles. The summed E-state index contributed by atoms with van der Waals surface area (Å²) in [6, 6.07) is 2.14. The summed E-state index contributed by atoms with van der Waals surface area (Å²) >= 11 is 5.46. The molecule has 1 aliphatic rings. The average molecular weight is 287 g/mol. The summed E-state index contributed by atoms with van der Waals surface area (Å²) in [5.41, 5.74) is 2.31. The van der Waals surface area contributed by atoms with Gasteiger partial charge in [0.25, 0.3) is 0 Å². The van der Waals surface area contributed by atoms with Gasteiger partial charge in [0.15, 0.2) is 0 Å². The number of halogens is 1. The zero-order chi connectivity index (χ0) is 10.7. The smallest absolute Gasteiger partial charge is 0.109 e. The number of anilines is 1. The lowest BCUT2D eigenvalue weighted by atomic mass is 10.1. The average Bonchev–Trinajstić information content (AvgIpc) is 2.73. The number of nitrogens with zero attached hydrogens (tertiary/aromatic N) is 1. The molecule has 1 fully saturated rings. The Kier molecular flexibility index (Phi) is 3.92. The third kappa shape index (κ3) is 3.11. The first kappa shape index (κ1) is 11.3. The van der Waals surface area contributed by atoms with E-state index in [0.29, 0.717) is 0 Å². The highest BCUT2D eigenvalue weighted by Gasteiger charge is 2.14. The van der Waals surface area contributed by atoms with E-state index in [2.05, 4.69) is 51.0 Å². The molecule has 2 nitrogen and oxygen atoms in total. The molecule has 2 rings (SSSR count). The third-order valence-corrected chi connectivity index (χ3v) is 4.69.